The first-order valence-electron chi connectivity index (χ1n) is 9.30. The van der Waals surface area contributed by atoms with Gasteiger partial charge in [-0.2, -0.15) is 13.2 Å². The van der Waals surface area contributed by atoms with E-state index in [2.05, 4.69) is 4.98 Å². The van der Waals surface area contributed by atoms with Crippen LogP contribution in [0.25, 0.3) is 0 Å². The zero-order valence-corrected chi connectivity index (χ0v) is 16.6. The predicted octanol–water partition coefficient (Wildman–Crippen LogP) is 4.99. The molecular formula is C20H23F3N2O2S. The Morgan fingerprint density at radius 1 is 1.36 bits per heavy atom. The summed E-state index contributed by atoms with van der Waals surface area (Å²) in [5.41, 5.74) is 0.0698. The number of hydrogen-bond donors (Lipinski definition) is 0. The molecule has 4 nitrogen and oxygen atoms in total. The van der Waals surface area contributed by atoms with Crippen LogP contribution in [0.15, 0.2) is 29.6 Å². The molecule has 2 aromatic rings. The summed E-state index contributed by atoms with van der Waals surface area (Å²) < 4.78 is 45.4. The third-order valence-electron chi connectivity index (χ3n) is 4.64. The molecule has 0 spiro atoms. The zero-order valence-electron chi connectivity index (χ0n) is 15.8. The lowest BCUT2D eigenvalue weighted by molar-refractivity contribution is -0.140. The van der Waals surface area contributed by atoms with Crippen molar-refractivity contribution >= 4 is 17.2 Å². The van der Waals surface area contributed by atoms with E-state index in [1.54, 1.807) is 11.0 Å². The van der Waals surface area contributed by atoms with Crippen LogP contribution in [-0.4, -0.2) is 28.4 Å². The maximum atomic E-state index is 13.3. The van der Waals surface area contributed by atoms with E-state index in [-0.39, 0.29) is 36.6 Å². The number of nitrogens with zero attached hydrogens (tertiary/aromatic N) is 2. The summed E-state index contributed by atoms with van der Waals surface area (Å²) in [7, 11) is 0. The van der Waals surface area contributed by atoms with Crippen molar-refractivity contribution in [3.8, 4) is 0 Å². The molecule has 0 saturated heterocycles. The molecule has 0 radical (unpaired) electrons. The van der Waals surface area contributed by atoms with E-state index < -0.39 is 11.7 Å². The van der Waals surface area contributed by atoms with E-state index >= 15 is 0 Å². The second kappa shape index (κ2) is 8.61. The first-order valence-corrected chi connectivity index (χ1v) is 10.2. The second-order valence-corrected chi connectivity index (χ2v) is 7.75. The molecule has 0 aliphatic heterocycles. The van der Waals surface area contributed by atoms with Gasteiger partial charge in [0.05, 0.1) is 17.7 Å². The normalized spacial score (nSPS) is 15.5. The lowest BCUT2D eigenvalue weighted by atomic mass is 10.1. The van der Waals surface area contributed by atoms with Gasteiger partial charge < -0.3 is 9.64 Å². The van der Waals surface area contributed by atoms with Crippen LogP contribution in [0.2, 0.25) is 0 Å². The number of aromatic nitrogens is 1. The van der Waals surface area contributed by atoms with Gasteiger partial charge in [0, 0.05) is 24.6 Å². The van der Waals surface area contributed by atoms with Gasteiger partial charge in [0.2, 0.25) is 5.91 Å². The van der Waals surface area contributed by atoms with E-state index in [4.69, 9.17) is 4.74 Å². The Morgan fingerprint density at radius 2 is 2.07 bits per heavy atom. The van der Waals surface area contributed by atoms with Crippen LogP contribution >= 0.6 is 11.3 Å². The molecular weight excluding hydrogens is 389 g/mol. The van der Waals surface area contributed by atoms with Crippen molar-refractivity contribution in [1.82, 2.24) is 9.88 Å². The van der Waals surface area contributed by atoms with Gasteiger partial charge in [-0.25, -0.2) is 4.98 Å². The topological polar surface area (TPSA) is 42.4 Å². The molecule has 1 aliphatic carbocycles. The molecule has 1 fully saturated rings. The Hall–Kier alpha value is -1.93. The van der Waals surface area contributed by atoms with E-state index in [0.717, 1.165) is 23.9 Å². The number of carbonyl (C=O) groups excluding carboxylic acids is 1. The number of rotatable bonds is 8. The summed E-state index contributed by atoms with van der Waals surface area (Å²) in [4.78, 5) is 18.9. The average molecular weight is 412 g/mol. The number of alkyl halides is 3. The van der Waals surface area contributed by atoms with Crippen LogP contribution in [0.3, 0.4) is 0 Å². The average Bonchev–Trinajstić information content (AvgIpc) is 3.37. The van der Waals surface area contributed by atoms with E-state index in [9.17, 15) is 18.0 Å². The molecule has 0 bridgehead atoms. The first kappa shape index (κ1) is 20.8. The molecule has 1 aromatic carbocycles. The van der Waals surface area contributed by atoms with Crippen molar-refractivity contribution in [2.75, 3.05) is 6.61 Å². The number of ether oxygens (including phenoxy) is 1. The van der Waals surface area contributed by atoms with Gasteiger partial charge in [-0.15, -0.1) is 11.3 Å². The van der Waals surface area contributed by atoms with Crippen LogP contribution in [0, 0.1) is 0 Å². The minimum atomic E-state index is -4.44. The Morgan fingerprint density at radius 3 is 2.71 bits per heavy atom. The number of thiazole rings is 1. The third kappa shape index (κ3) is 5.11. The van der Waals surface area contributed by atoms with Crippen molar-refractivity contribution in [3.63, 3.8) is 0 Å². The third-order valence-corrected chi connectivity index (χ3v) is 5.69. The quantitative estimate of drug-likeness (QED) is 0.613. The number of amides is 1. The van der Waals surface area contributed by atoms with Crippen molar-refractivity contribution in [2.24, 2.45) is 0 Å². The van der Waals surface area contributed by atoms with Crippen LogP contribution in [0.5, 0.6) is 0 Å². The largest absolute Gasteiger partial charge is 0.416 e. The van der Waals surface area contributed by atoms with E-state index in [1.165, 1.54) is 23.5 Å². The number of benzene rings is 1. The highest BCUT2D eigenvalue weighted by molar-refractivity contribution is 7.09. The van der Waals surface area contributed by atoms with Gasteiger partial charge >= 0.3 is 6.18 Å². The molecule has 152 valence electrons. The summed E-state index contributed by atoms with van der Waals surface area (Å²) in [6, 6.07) is 5.45. The second-order valence-electron chi connectivity index (χ2n) is 6.86. The number of carbonyl (C=O) groups is 1. The smallest absolute Gasteiger partial charge is 0.372 e. The first-order chi connectivity index (χ1) is 13.3. The van der Waals surface area contributed by atoms with Gasteiger partial charge in [-0.3, -0.25) is 4.79 Å². The summed E-state index contributed by atoms with van der Waals surface area (Å²) in [5.74, 6) is -0.194. The minimum absolute atomic E-state index is 0.00856. The Labute approximate surface area is 166 Å². The highest BCUT2D eigenvalue weighted by atomic mass is 32.1. The number of halogens is 3. The van der Waals surface area contributed by atoms with Gasteiger partial charge in [0.15, 0.2) is 0 Å². The van der Waals surface area contributed by atoms with Crippen LogP contribution < -0.4 is 0 Å². The molecule has 1 unspecified atom stereocenters. The van der Waals surface area contributed by atoms with Gasteiger partial charge in [0.25, 0.3) is 0 Å². The van der Waals surface area contributed by atoms with E-state index in [1.807, 2.05) is 19.2 Å². The molecule has 3 rings (SSSR count). The Balaban J connectivity index is 1.73. The van der Waals surface area contributed by atoms with Gasteiger partial charge in [-0.05, 0) is 38.3 Å². The summed E-state index contributed by atoms with van der Waals surface area (Å²) in [5, 5.41) is 2.61. The van der Waals surface area contributed by atoms with E-state index in [0.29, 0.717) is 12.3 Å². The SMILES string of the molecule is CCOC(C)c1nc(CC(=O)N(Cc2ccccc2C(F)(F)F)C2CC2)cs1. The lowest BCUT2D eigenvalue weighted by Gasteiger charge is -2.24. The lowest BCUT2D eigenvalue weighted by Crippen LogP contribution is -2.34. The molecule has 1 saturated carbocycles. The van der Waals surface area contributed by atoms with Crippen LogP contribution in [0.1, 0.15) is 54.6 Å². The summed E-state index contributed by atoms with van der Waals surface area (Å²) >= 11 is 1.43. The standard InChI is InChI=1S/C20H23F3N2O2S/c1-3-27-13(2)19-24-15(12-28-19)10-18(26)25(16-8-9-16)11-14-6-4-5-7-17(14)20(21,22)23/h4-7,12-13,16H,3,8-11H2,1-2H3. The molecule has 1 amide bonds. The van der Waals surface area contributed by atoms with Crippen molar-refractivity contribution < 1.29 is 22.7 Å². The fraction of sp³-hybridized carbons (Fsp3) is 0.500. The van der Waals surface area contributed by atoms with Crippen LogP contribution in [0.4, 0.5) is 13.2 Å². The highest BCUT2D eigenvalue weighted by Crippen LogP contribution is 2.35. The summed E-state index contributed by atoms with van der Waals surface area (Å²) in [6.45, 7) is 4.34. The van der Waals surface area contributed by atoms with Crippen LogP contribution in [-0.2, 0) is 28.7 Å². The molecule has 0 N–H and O–H groups in total. The molecule has 1 aliphatic rings. The molecule has 8 heteroatoms. The fourth-order valence-electron chi connectivity index (χ4n) is 3.09. The van der Waals surface area contributed by atoms with Crippen molar-refractivity contribution in [2.45, 2.75) is 58.0 Å². The van der Waals surface area contributed by atoms with Crippen molar-refractivity contribution in [1.29, 1.82) is 0 Å². The van der Waals surface area contributed by atoms with Gasteiger partial charge in [0.1, 0.15) is 11.1 Å². The Bertz CT molecular complexity index is 818. The Kier molecular flexibility index (Phi) is 6.40. The summed E-state index contributed by atoms with van der Waals surface area (Å²) in [6.07, 6.45) is -2.85. The fourth-order valence-corrected chi connectivity index (χ4v) is 3.92. The molecule has 1 aromatic heterocycles. The minimum Gasteiger partial charge on any atom is -0.372 e. The molecule has 28 heavy (non-hydrogen) atoms. The number of hydrogen-bond acceptors (Lipinski definition) is 4. The van der Waals surface area contributed by atoms with Gasteiger partial charge in [-0.1, -0.05) is 18.2 Å². The molecule has 1 heterocycles. The predicted molar refractivity (Wildman–Crippen MR) is 101 cm³/mol. The maximum Gasteiger partial charge on any atom is 0.416 e. The monoisotopic (exact) mass is 412 g/mol. The highest BCUT2D eigenvalue weighted by Gasteiger charge is 2.37. The van der Waals surface area contributed by atoms with Crippen molar-refractivity contribution in [3.05, 3.63) is 51.5 Å². The molecule has 1 atom stereocenters. The maximum absolute atomic E-state index is 13.3. The zero-order chi connectivity index (χ0) is 20.3.